The second kappa shape index (κ2) is 4.97. The summed E-state index contributed by atoms with van der Waals surface area (Å²) in [5.74, 6) is 0. The Balaban J connectivity index is 2.34. The van der Waals surface area contributed by atoms with E-state index in [1.165, 1.54) is 28.9 Å². The van der Waals surface area contributed by atoms with Crippen molar-refractivity contribution in [3.05, 3.63) is 36.2 Å². The van der Waals surface area contributed by atoms with Gasteiger partial charge in [0.15, 0.2) is 0 Å². The number of benzene rings is 1. The minimum atomic E-state index is -4.21. The van der Waals surface area contributed by atoms with Crippen LogP contribution in [0.3, 0.4) is 0 Å². The molecule has 0 saturated heterocycles. The Morgan fingerprint density at radius 3 is 2.40 bits per heavy atom. The van der Waals surface area contributed by atoms with Crippen LogP contribution in [0.15, 0.2) is 35.4 Å². The molecule has 1 aromatic carbocycles. The van der Waals surface area contributed by atoms with Gasteiger partial charge in [-0.2, -0.15) is 8.42 Å². The summed E-state index contributed by atoms with van der Waals surface area (Å²) in [6.07, 6.45) is 2.07. The van der Waals surface area contributed by atoms with Crippen molar-refractivity contribution in [2.45, 2.75) is 30.8 Å². The molecule has 0 bridgehead atoms. The molecule has 0 saturated carbocycles. The van der Waals surface area contributed by atoms with Crippen molar-refractivity contribution in [1.29, 1.82) is 0 Å². The highest BCUT2D eigenvalue weighted by molar-refractivity contribution is 7.85. The van der Waals surface area contributed by atoms with Gasteiger partial charge in [-0.25, -0.2) is 4.68 Å². The van der Waals surface area contributed by atoms with Crippen molar-refractivity contribution in [3.8, 4) is 5.69 Å². The number of aliphatic hydroxyl groups is 1. The van der Waals surface area contributed by atoms with Crippen LogP contribution < -0.4 is 0 Å². The first-order valence-electron chi connectivity index (χ1n) is 5.97. The van der Waals surface area contributed by atoms with Crippen molar-refractivity contribution in [2.24, 2.45) is 0 Å². The van der Waals surface area contributed by atoms with Crippen LogP contribution >= 0.6 is 0 Å². The van der Waals surface area contributed by atoms with Crippen LogP contribution in [0.25, 0.3) is 5.69 Å². The Kier molecular flexibility index (Phi) is 3.63. The fourth-order valence-electron chi connectivity index (χ4n) is 1.59. The minimum absolute atomic E-state index is 0.192. The lowest BCUT2D eigenvalue weighted by Crippen LogP contribution is -2.20. The molecule has 7 nitrogen and oxygen atoms in total. The monoisotopic (exact) mass is 297 g/mol. The van der Waals surface area contributed by atoms with Gasteiger partial charge in [0, 0.05) is 0 Å². The summed E-state index contributed by atoms with van der Waals surface area (Å²) in [7, 11) is -4.21. The Morgan fingerprint density at radius 2 is 1.90 bits per heavy atom. The van der Waals surface area contributed by atoms with E-state index < -0.39 is 15.7 Å². The highest BCUT2D eigenvalue weighted by atomic mass is 32.2. The average Bonchev–Trinajstić information content (AvgIpc) is 2.88. The van der Waals surface area contributed by atoms with Gasteiger partial charge in [-0.05, 0) is 37.6 Å². The first kappa shape index (κ1) is 14.6. The molecule has 0 radical (unpaired) electrons. The summed E-state index contributed by atoms with van der Waals surface area (Å²) in [6.45, 7) is 3.47. The first-order valence-corrected chi connectivity index (χ1v) is 7.41. The zero-order valence-electron chi connectivity index (χ0n) is 11.1. The van der Waals surface area contributed by atoms with Crippen molar-refractivity contribution in [1.82, 2.24) is 15.0 Å². The van der Waals surface area contributed by atoms with E-state index in [1.807, 2.05) is 6.92 Å². The van der Waals surface area contributed by atoms with Gasteiger partial charge in [0.25, 0.3) is 10.1 Å². The van der Waals surface area contributed by atoms with Crippen molar-refractivity contribution < 1.29 is 18.1 Å². The molecule has 0 amide bonds. The zero-order valence-corrected chi connectivity index (χ0v) is 11.9. The third kappa shape index (κ3) is 2.87. The summed E-state index contributed by atoms with van der Waals surface area (Å²) in [4.78, 5) is -0.192. The van der Waals surface area contributed by atoms with Crippen LogP contribution in [0.5, 0.6) is 0 Å². The van der Waals surface area contributed by atoms with Crippen molar-refractivity contribution in [2.75, 3.05) is 0 Å². The van der Waals surface area contributed by atoms with E-state index in [-0.39, 0.29) is 4.90 Å². The largest absolute Gasteiger partial charge is 0.384 e. The highest BCUT2D eigenvalue weighted by Crippen LogP contribution is 2.22. The third-order valence-corrected chi connectivity index (χ3v) is 4.00. The number of rotatable bonds is 4. The molecular formula is C12H15N3O4S. The molecule has 0 aliphatic carbocycles. The number of nitrogens with zero attached hydrogens (tertiary/aromatic N) is 3. The highest BCUT2D eigenvalue weighted by Gasteiger charge is 2.24. The van der Waals surface area contributed by atoms with E-state index in [9.17, 15) is 13.5 Å². The van der Waals surface area contributed by atoms with Gasteiger partial charge in [-0.3, -0.25) is 4.55 Å². The molecule has 1 atom stereocenters. The number of hydrogen-bond donors (Lipinski definition) is 2. The van der Waals surface area contributed by atoms with Gasteiger partial charge in [-0.1, -0.05) is 12.1 Å². The molecule has 0 aliphatic heterocycles. The maximum Gasteiger partial charge on any atom is 0.294 e. The quantitative estimate of drug-likeness (QED) is 0.820. The standard InChI is InChI=1S/C12H15N3O4S/c1-3-12(2,16)11-8-15(14-13-11)9-4-6-10(7-5-9)20(17,18)19/h4-8,16H,3H2,1-2H3,(H,17,18,19)/t12-/m1/s1. The molecule has 20 heavy (non-hydrogen) atoms. The average molecular weight is 297 g/mol. The predicted octanol–water partition coefficient (Wildman–Crippen LogP) is 1.13. The summed E-state index contributed by atoms with van der Waals surface area (Å²) in [5.41, 5.74) is -0.0611. The van der Waals surface area contributed by atoms with E-state index in [2.05, 4.69) is 10.3 Å². The lowest BCUT2D eigenvalue weighted by atomic mass is 10.0. The Bertz CT molecular complexity index is 705. The molecule has 8 heteroatoms. The molecular weight excluding hydrogens is 282 g/mol. The fourth-order valence-corrected chi connectivity index (χ4v) is 2.07. The van der Waals surface area contributed by atoms with Crippen LogP contribution in [0.2, 0.25) is 0 Å². The summed E-state index contributed by atoms with van der Waals surface area (Å²) < 4.78 is 32.2. The maximum absolute atomic E-state index is 10.9. The van der Waals surface area contributed by atoms with Gasteiger partial charge < -0.3 is 5.11 Å². The van der Waals surface area contributed by atoms with Gasteiger partial charge in [0.2, 0.25) is 0 Å². The molecule has 2 N–H and O–H groups in total. The van der Waals surface area contributed by atoms with Crippen LogP contribution in [-0.4, -0.2) is 33.1 Å². The molecule has 2 aromatic rings. The molecule has 2 rings (SSSR count). The summed E-state index contributed by atoms with van der Waals surface area (Å²) in [6, 6.07) is 5.51. The normalized spacial score (nSPS) is 15.0. The molecule has 0 spiro atoms. The summed E-state index contributed by atoms with van der Waals surface area (Å²) in [5, 5.41) is 17.9. The van der Waals surface area contributed by atoms with E-state index in [1.54, 1.807) is 13.1 Å². The van der Waals surface area contributed by atoms with E-state index >= 15 is 0 Å². The van der Waals surface area contributed by atoms with Crippen LogP contribution in [0.4, 0.5) is 0 Å². The SMILES string of the molecule is CC[C@@](C)(O)c1cn(-c2ccc(S(=O)(=O)O)cc2)nn1. The molecule has 0 aliphatic rings. The number of aromatic nitrogens is 3. The van der Waals surface area contributed by atoms with Gasteiger partial charge in [-0.15, -0.1) is 5.10 Å². The smallest absolute Gasteiger partial charge is 0.294 e. The van der Waals surface area contributed by atoms with Crippen LogP contribution in [-0.2, 0) is 15.7 Å². The third-order valence-electron chi connectivity index (χ3n) is 3.13. The molecule has 108 valence electrons. The molecule has 1 aromatic heterocycles. The first-order chi connectivity index (χ1) is 9.24. The van der Waals surface area contributed by atoms with Crippen LogP contribution in [0.1, 0.15) is 26.0 Å². The second-order valence-electron chi connectivity index (χ2n) is 4.64. The Labute approximate surface area is 116 Å². The Morgan fingerprint density at radius 1 is 1.30 bits per heavy atom. The van der Waals surface area contributed by atoms with E-state index in [0.29, 0.717) is 17.8 Å². The van der Waals surface area contributed by atoms with Crippen LogP contribution in [0, 0.1) is 0 Å². The van der Waals surface area contributed by atoms with Crippen molar-refractivity contribution >= 4 is 10.1 Å². The second-order valence-corrected chi connectivity index (χ2v) is 6.07. The van der Waals surface area contributed by atoms with Gasteiger partial charge in [0.05, 0.1) is 16.8 Å². The molecule has 0 fully saturated rings. The van der Waals surface area contributed by atoms with Gasteiger partial charge >= 0.3 is 0 Å². The maximum atomic E-state index is 10.9. The Hall–Kier alpha value is -1.77. The van der Waals surface area contributed by atoms with Crippen molar-refractivity contribution in [3.63, 3.8) is 0 Å². The predicted molar refractivity (Wildman–Crippen MR) is 71.0 cm³/mol. The lowest BCUT2D eigenvalue weighted by Gasteiger charge is -2.16. The number of hydrogen-bond acceptors (Lipinski definition) is 5. The van der Waals surface area contributed by atoms with Gasteiger partial charge in [0.1, 0.15) is 11.3 Å². The molecule has 0 unspecified atom stereocenters. The molecule has 1 heterocycles. The van der Waals surface area contributed by atoms with E-state index in [4.69, 9.17) is 4.55 Å². The summed E-state index contributed by atoms with van der Waals surface area (Å²) >= 11 is 0. The zero-order chi connectivity index (χ0) is 15.0. The minimum Gasteiger partial charge on any atom is -0.384 e. The van der Waals surface area contributed by atoms with E-state index in [0.717, 1.165) is 0 Å². The topological polar surface area (TPSA) is 105 Å². The lowest BCUT2D eigenvalue weighted by molar-refractivity contribution is 0.0484. The fraction of sp³-hybridized carbons (Fsp3) is 0.333.